The van der Waals surface area contributed by atoms with Gasteiger partial charge in [-0.3, -0.25) is 4.68 Å². The molecule has 0 radical (unpaired) electrons. The molecule has 1 rings (SSSR count). The van der Waals surface area contributed by atoms with Gasteiger partial charge in [0, 0.05) is 13.7 Å². The van der Waals surface area contributed by atoms with E-state index in [0.717, 1.165) is 12.2 Å². The number of aryl methyl sites for hydroxylation is 1. The number of rotatable bonds is 8. The van der Waals surface area contributed by atoms with Crippen LogP contribution in [0, 0.1) is 0 Å². The van der Waals surface area contributed by atoms with E-state index in [9.17, 15) is 0 Å². The Bertz CT molecular complexity index is 306. The zero-order chi connectivity index (χ0) is 12.7. The molecule has 1 heterocycles. The average molecular weight is 243 g/mol. The van der Waals surface area contributed by atoms with Gasteiger partial charge in [-0.2, -0.15) is 5.10 Å². The van der Waals surface area contributed by atoms with Crippen LogP contribution in [0.4, 0.5) is 0 Å². The van der Waals surface area contributed by atoms with Crippen LogP contribution in [0.1, 0.15) is 18.7 Å². The summed E-state index contributed by atoms with van der Waals surface area (Å²) in [6.45, 7) is 4.29. The highest BCUT2D eigenvalue weighted by atomic mass is 16.5. The smallest absolute Gasteiger partial charge is 0.161 e. The summed E-state index contributed by atoms with van der Waals surface area (Å²) in [7, 11) is 3.25. The highest BCUT2D eigenvalue weighted by Gasteiger charge is 2.18. The molecule has 0 spiro atoms. The van der Waals surface area contributed by atoms with Gasteiger partial charge in [0.1, 0.15) is 0 Å². The van der Waals surface area contributed by atoms with Gasteiger partial charge in [-0.05, 0) is 6.92 Å². The molecule has 0 aliphatic rings. The average Bonchev–Trinajstić information content (AvgIpc) is 2.77. The molecule has 0 fully saturated rings. The van der Waals surface area contributed by atoms with Crippen LogP contribution in [-0.4, -0.2) is 43.8 Å². The Hall–Kier alpha value is -1.11. The fourth-order valence-corrected chi connectivity index (χ4v) is 1.59. The van der Waals surface area contributed by atoms with Crippen molar-refractivity contribution in [3.8, 4) is 5.75 Å². The molecular weight excluding hydrogens is 222 g/mol. The van der Waals surface area contributed by atoms with Crippen LogP contribution < -0.4 is 10.5 Å². The maximum absolute atomic E-state index is 6.07. The predicted molar refractivity (Wildman–Crippen MR) is 64.1 cm³/mol. The van der Waals surface area contributed by atoms with Crippen molar-refractivity contribution in [1.29, 1.82) is 0 Å². The molecular formula is C11H21N3O3. The lowest BCUT2D eigenvalue weighted by atomic mass is 10.2. The maximum Gasteiger partial charge on any atom is 0.161 e. The molecule has 0 amide bonds. The van der Waals surface area contributed by atoms with Gasteiger partial charge >= 0.3 is 0 Å². The number of nitrogens with zero attached hydrogens (tertiary/aromatic N) is 2. The Kier molecular flexibility index (Phi) is 5.96. The Morgan fingerprint density at radius 1 is 1.41 bits per heavy atom. The lowest BCUT2D eigenvalue weighted by Gasteiger charge is -2.15. The Labute approximate surface area is 102 Å². The second-order valence-corrected chi connectivity index (χ2v) is 3.59. The summed E-state index contributed by atoms with van der Waals surface area (Å²) in [4.78, 5) is 0. The number of nitrogens with two attached hydrogens (primary N) is 1. The third-order valence-corrected chi connectivity index (χ3v) is 2.44. The van der Waals surface area contributed by atoms with Crippen LogP contribution in [0.25, 0.3) is 0 Å². The van der Waals surface area contributed by atoms with Gasteiger partial charge in [0.2, 0.25) is 0 Å². The zero-order valence-electron chi connectivity index (χ0n) is 10.7. The van der Waals surface area contributed by atoms with E-state index in [1.54, 1.807) is 20.4 Å². The van der Waals surface area contributed by atoms with Crippen molar-refractivity contribution < 1.29 is 14.2 Å². The van der Waals surface area contributed by atoms with Crippen molar-refractivity contribution >= 4 is 0 Å². The van der Waals surface area contributed by atoms with E-state index in [1.165, 1.54) is 0 Å². The van der Waals surface area contributed by atoms with Crippen LogP contribution in [0.5, 0.6) is 5.75 Å². The van der Waals surface area contributed by atoms with Gasteiger partial charge in [-0.1, -0.05) is 0 Å². The highest BCUT2D eigenvalue weighted by Crippen LogP contribution is 2.23. The summed E-state index contributed by atoms with van der Waals surface area (Å²) in [5, 5.41) is 4.20. The van der Waals surface area contributed by atoms with Crippen LogP contribution >= 0.6 is 0 Å². The van der Waals surface area contributed by atoms with Crippen molar-refractivity contribution in [2.75, 3.05) is 34.0 Å². The largest absolute Gasteiger partial charge is 0.493 e. The highest BCUT2D eigenvalue weighted by molar-refractivity contribution is 5.28. The molecule has 1 atom stereocenters. The molecule has 6 heteroatoms. The van der Waals surface area contributed by atoms with E-state index in [2.05, 4.69) is 5.10 Å². The van der Waals surface area contributed by atoms with E-state index >= 15 is 0 Å². The molecule has 17 heavy (non-hydrogen) atoms. The standard InChI is InChI=1S/C11H21N3O3/c1-4-14-11(10(16-3)7-13-14)9(12)8-17-6-5-15-2/h7,9H,4-6,8,12H2,1-3H3. The molecule has 0 aliphatic carbocycles. The number of methoxy groups -OCH3 is 2. The molecule has 1 aromatic rings. The molecule has 1 unspecified atom stereocenters. The Morgan fingerprint density at radius 2 is 2.18 bits per heavy atom. The van der Waals surface area contributed by atoms with E-state index in [1.807, 2.05) is 11.6 Å². The normalized spacial score (nSPS) is 12.7. The SMILES string of the molecule is CCn1ncc(OC)c1C(N)COCCOC. The fraction of sp³-hybridized carbons (Fsp3) is 0.727. The first-order chi connectivity index (χ1) is 8.24. The third kappa shape index (κ3) is 3.69. The van der Waals surface area contributed by atoms with Crippen molar-refractivity contribution in [2.45, 2.75) is 19.5 Å². The van der Waals surface area contributed by atoms with Crippen molar-refractivity contribution in [1.82, 2.24) is 9.78 Å². The molecule has 0 aromatic carbocycles. The van der Waals surface area contributed by atoms with Crippen LogP contribution in [0.15, 0.2) is 6.20 Å². The van der Waals surface area contributed by atoms with Gasteiger partial charge in [-0.25, -0.2) is 0 Å². The second kappa shape index (κ2) is 7.26. The number of aromatic nitrogens is 2. The molecule has 6 nitrogen and oxygen atoms in total. The summed E-state index contributed by atoms with van der Waals surface area (Å²) in [5.41, 5.74) is 6.94. The number of ether oxygens (including phenoxy) is 3. The number of hydrogen-bond donors (Lipinski definition) is 1. The molecule has 0 bridgehead atoms. The quantitative estimate of drug-likeness (QED) is 0.676. The van der Waals surface area contributed by atoms with Crippen LogP contribution in [-0.2, 0) is 16.0 Å². The van der Waals surface area contributed by atoms with E-state index < -0.39 is 0 Å². The minimum Gasteiger partial charge on any atom is -0.493 e. The van der Waals surface area contributed by atoms with Crippen molar-refractivity contribution in [3.63, 3.8) is 0 Å². The fourth-order valence-electron chi connectivity index (χ4n) is 1.59. The van der Waals surface area contributed by atoms with E-state index in [0.29, 0.717) is 25.6 Å². The van der Waals surface area contributed by atoms with Gasteiger partial charge < -0.3 is 19.9 Å². The first-order valence-corrected chi connectivity index (χ1v) is 5.66. The maximum atomic E-state index is 6.07. The Balaban J connectivity index is 2.60. The lowest BCUT2D eigenvalue weighted by Crippen LogP contribution is -2.22. The van der Waals surface area contributed by atoms with Crippen molar-refractivity contribution in [3.05, 3.63) is 11.9 Å². The molecule has 0 aliphatic heterocycles. The Morgan fingerprint density at radius 3 is 2.76 bits per heavy atom. The van der Waals surface area contributed by atoms with Crippen LogP contribution in [0.2, 0.25) is 0 Å². The third-order valence-electron chi connectivity index (χ3n) is 2.44. The summed E-state index contributed by atoms with van der Waals surface area (Å²) < 4.78 is 17.4. The second-order valence-electron chi connectivity index (χ2n) is 3.59. The molecule has 0 saturated heterocycles. The van der Waals surface area contributed by atoms with Gasteiger partial charge in [0.25, 0.3) is 0 Å². The number of hydrogen-bond acceptors (Lipinski definition) is 5. The molecule has 0 saturated carbocycles. The summed E-state index contributed by atoms with van der Waals surface area (Å²) in [5.74, 6) is 0.703. The monoisotopic (exact) mass is 243 g/mol. The first-order valence-electron chi connectivity index (χ1n) is 5.66. The van der Waals surface area contributed by atoms with Crippen molar-refractivity contribution in [2.24, 2.45) is 5.73 Å². The predicted octanol–water partition coefficient (Wildman–Crippen LogP) is 0.574. The van der Waals surface area contributed by atoms with Gasteiger partial charge in [-0.15, -0.1) is 0 Å². The zero-order valence-corrected chi connectivity index (χ0v) is 10.7. The topological polar surface area (TPSA) is 71.5 Å². The minimum atomic E-state index is -0.246. The lowest BCUT2D eigenvalue weighted by molar-refractivity contribution is 0.0623. The molecule has 1 aromatic heterocycles. The first kappa shape index (κ1) is 14.0. The molecule has 2 N–H and O–H groups in total. The van der Waals surface area contributed by atoms with Crippen LogP contribution in [0.3, 0.4) is 0 Å². The summed E-state index contributed by atoms with van der Waals surface area (Å²) >= 11 is 0. The van der Waals surface area contributed by atoms with E-state index in [4.69, 9.17) is 19.9 Å². The van der Waals surface area contributed by atoms with Gasteiger partial charge in [0.05, 0.1) is 44.9 Å². The summed E-state index contributed by atoms with van der Waals surface area (Å²) in [6.07, 6.45) is 1.67. The minimum absolute atomic E-state index is 0.246. The van der Waals surface area contributed by atoms with Gasteiger partial charge in [0.15, 0.2) is 5.75 Å². The van der Waals surface area contributed by atoms with E-state index in [-0.39, 0.29) is 6.04 Å². The summed E-state index contributed by atoms with van der Waals surface area (Å²) in [6, 6.07) is -0.246. The molecule has 98 valence electrons.